The smallest absolute Gasteiger partial charge is 0.231 e. The number of ether oxygens (including phenoxy) is 1. The van der Waals surface area contributed by atoms with Gasteiger partial charge in [0, 0.05) is 24.9 Å². The first-order valence-corrected chi connectivity index (χ1v) is 12.7. The number of nitrogens with one attached hydrogen (secondary N) is 1. The molecule has 6 nitrogen and oxygen atoms in total. The fourth-order valence-corrected chi connectivity index (χ4v) is 5.08. The Balaban J connectivity index is 1.49. The molecule has 0 unspecified atom stereocenters. The summed E-state index contributed by atoms with van der Waals surface area (Å²) >= 11 is 0. The first kappa shape index (κ1) is 21.8. The minimum absolute atomic E-state index is 0.205. The molecule has 4 rings (SSSR count). The number of hydrogen-bond acceptors (Lipinski definition) is 5. The van der Waals surface area contributed by atoms with Gasteiger partial charge in [0.05, 0.1) is 18.6 Å². The largest absolute Gasteiger partial charge is 0.493 e. The third kappa shape index (κ3) is 4.93. The van der Waals surface area contributed by atoms with Crippen LogP contribution in [-0.4, -0.2) is 47.2 Å². The van der Waals surface area contributed by atoms with Gasteiger partial charge in [0.15, 0.2) is 5.78 Å². The van der Waals surface area contributed by atoms with Gasteiger partial charge in [-0.1, -0.05) is 18.2 Å². The van der Waals surface area contributed by atoms with Crippen molar-refractivity contribution >= 4 is 21.5 Å². The number of nitrogens with zero attached hydrogens (tertiary/aromatic N) is 1. The van der Waals surface area contributed by atoms with E-state index >= 15 is 0 Å². The van der Waals surface area contributed by atoms with E-state index in [0.29, 0.717) is 30.6 Å². The number of hydrogen-bond donors (Lipinski definition) is 1. The number of ketones is 1. The van der Waals surface area contributed by atoms with Crippen LogP contribution in [0.25, 0.3) is 0 Å². The number of aryl methyl sites for hydroxylation is 1. The summed E-state index contributed by atoms with van der Waals surface area (Å²) in [6.45, 7) is 2.48. The highest BCUT2D eigenvalue weighted by atomic mass is 32.2. The van der Waals surface area contributed by atoms with E-state index in [4.69, 9.17) is 4.74 Å². The van der Waals surface area contributed by atoms with Gasteiger partial charge in [-0.25, -0.2) is 8.42 Å². The lowest BCUT2D eigenvalue weighted by Crippen LogP contribution is -2.25. The van der Waals surface area contributed by atoms with Crippen LogP contribution in [-0.2, 0) is 16.4 Å². The van der Waals surface area contributed by atoms with E-state index in [1.54, 1.807) is 7.05 Å². The Hall–Kier alpha value is -2.38. The molecular weight excluding hydrogens is 412 g/mol. The Morgan fingerprint density at radius 2 is 1.81 bits per heavy atom. The minimum atomic E-state index is -3.28. The van der Waals surface area contributed by atoms with Crippen molar-refractivity contribution in [3.05, 3.63) is 59.2 Å². The van der Waals surface area contributed by atoms with E-state index in [2.05, 4.69) is 5.32 Å². The van der Waals surface area contributed by atoms with Gasteiger partial charge < -0.3 is 10.1 Å². The fraction of sp³-hybridized carbons (Fsp3) is 0.458. The van der Waals surface area contributed by atoms with Gasteiger partial charge in [-0.3, -0.25) is 9.10 Å². The third-order valence-electron chi connectivity index (χ3n) is 6.54. The molecule has 7 heteroatoms. The third-order valence-corrected chi connectivity index (χ3v) is 7.75. The summed E-state index contributed by atoms with van der Waals surface area (Å²) in [4.78, 5) is 12.0. The number of carbonyl (C=O) groups is 1. The van der Waals surface area contributed by atoms with Crippen molar-refractivity contribution in [3.8, 4) is 5.75 Å². The lowest BCUT2D eigenvalue weighted by molar-refractivity contribution is 0.0994. The zero-order valence-corrected chi connectivity index (χ0v) is 19.0. The Labute approximate surface area is 184 Å². The van der Waals surface area contributed by atoms with Gasteiger partial charge in [0.25, 0.3) is 0 Å². The van der Waals surface area contributed by atoms with Gasteiger partial charge in [-0.05, 0) is 73.7 Å². The van der Waals surface area contributed by atoms with Crippen LogP contribution in [0.4, 0.5) is 5.69 Å². The summed E-state index contributed by atoms with van der Waals surface area (Å²) in [5.41, 5.74) is 3.79. The van der Waals surface area contributed by atoms with Crippen molar-refractivity contribution < 1.29 is 17.9 Å². The van der Waals surface area contributed by atoms with Crippen LogP contribution in [0, 0.1) is 5.92 Å². The molecule has 1 heterocycles. The molecule has 1 saturated heterocycles. The molecule has 1 aliphatic carbocycles. The van der Waals surface area contributed by atoms with Crippen molar-refractivity contribution in [1.29, 1.82) is 0 Å². The number of Topliss-reactive ketones (excluding diaryl/α,β-unsaturated/α-hetero) is 1. The molecule has 0 aromatic heterocycles. The maximum absolute atomic E-state index is 12.0. The maximum Gasteiger partial charge on any atom is 0.231 e. The molecule has 2 atom stereocenters. The number of benzene rings is 2. The first-order valence-electron chi connectivity index (χ1n) is 10.9. The predicted octanol–water partition coefficient (Wildman–Crippen LogP) is 3.37. The molecule has 1 N–H and O–H groups in total. The van der Waals surface area contributed by atoms with Crippen LogP contribution >= 0.6 is 0 Å². The van der Waals surface area contributed by atoms with Crippen molar-refractivity contribution in [2.75, 3.05) is 37.3 Å². The normalized spacial score (nSPS) is 21.4. The van der Waals surface area contributed by atoms with Crippen molar-refractivity contribution in [3.63, 3.8) is 0 Å². The highest BCUT2D eigenvalue weighted by Crippen LogP contribution is 2.34. The average Bonchev–Trinajstić information content (AvgIpc) is 2.97. The van der Waals surface area contributed by atoms with E-state index in [1.165, 1.54) is 16.1 Å². The lowest BCUT2D eigenvalue weighted by Gasteiger charge is -2.26. The monoisotopic (exact) mass is 442 g/mol. The number of fused-ring (bicyclic) bond motifs is 1. The van der Waals surface area contributed by atoms with Crippen LogP contribution in [0.3, 0.4) is 0 Å². The quantitative estimate of drug-likeness (QED) is 0.742. The van der Waals surface area contributed by atoms with Gasteiger partial charge in [0.1, 0.15) is 5.75 Å². The van der Waals surface area contributed by atoms with Crippen LogP contribution in [0.1, 0.15) is 46.7 Å². The summed E-state index contributed by atoms with van der Waals surface area (Å²) in [7, 11) is -1.71. The van der Waals surface area contributed by atoms with E-state index in [9.17, 15) is 13.2 Å². The molecule has 31 heavy (non-hydrogen) atoms. The number of carbonyl (C=O) groups excluding carboxylic acids is 1. The minimum Gasteiger partial charge on any atom is -0.493 e. The maximum atomic E-state index is 12.0. The Bertz CT molecular complexity index is 1050. The molecule has 0 amide bonds. The summed E-state index contributed by atoms with van der Waals surface area (Å²) < 4.78 is 31.1. The van der Waals surface area contributed by atoms with Gasteiger partial charge in [-0.2, -0.15) is 0 Å². The molecule has 1 aliphatic heterocycles. The SMILES string of the molecule is CN(c1ccc([C@@H]2CCNCC[C@H]2COc2ccc3c(c2)C(=O)CC3)cc1)S(C)(=O)=O. The van der Waals surface area contributed by atoms with Gasteiger partial charge in [-0.15, -0.1) is 0 Å². The second kappa shape index (κ2) is 9.01. The van der Waals surface area contributed by atoms with Crippen LogP contribution in [0.2, 0.25) is 0 Å². The predicted molar refractivity (Wildman–Crippen MR) is 123 cm³/mol. The number of rotatable bonds is 6. The topological polar surface area (TPSA) is 75.7 Å². The van der Waals surface area contributed by atoms with E-state index in [1.807, 2.05) is 42.5 Å². The molecule has 2 aromatic rings. The molecule has 2 aliphatic rings. The zero-order valence-electron chi connectivity index (χ0n) is 18.1. The Morgan fingerprint density at radius 1 is 1.06 bits per heavy atom. The molecule has 0 saturated carbocycles. The fourth-order valence-electron chi connectivity index (χ4n) is 4.58. The first-order chi connectivity index (χ1) is 14.8. The molecule has 2 aromatic carbocycles. The molecule has 0 radical (unpaired) electrons. The van der Waals surface area contributed by atoms with Crippen molar-refractivity contribution in [2.45, 2.75) is 31.6 Å². The van der Waals surface area contributed by atoms with Crippen molar-refractivity contribution in [1.82, 2.24) is 5.32 Å². The molecule has 1 fully saturated rings. The molecular formula is C24H30N2O4S. The van der Waals surface area contributed by atoms with Crippen LogP contribution in [0.5, 0.6) is 5.75 Å². The van der Waals surface area contributed by atoms with E-state index in [-0.39, 0.29) is 5.78 Å². The standard InChI is InChI=1S/C24H30N2O4S/c1-26(31(2,28)29)20-7-3-17(4-8-20)22-12-14-25-13-11-19(22)16-30-21-9-5-18-6-10-24(27)23(18)15-21/h3-5,7-9,15,19,22,25H,6,10-14,16H2,1-2H3/t19-,22-/m0/s1. The summed E-state index contributed by atoms with van der Waals surface area (Å²) in [5, 5.41) is 3.48. The second-order valence-corrected chi connectivity index (χ2v) is 10.6. The summed E-state index contributed by atoms with van der Waals surface area (Å²) in [6.07, 6.45) is 4.63. The number of anilines is 1. The van der Waals surface area contributed by atoms with Crippen LogP contribution in [0.15, 0.2) is 42.5 Å². The van der Waals surface area contributed by atoms with Crippen LogP contribution < -0.4 is 14.4 Å². The number of sulfonamides is 1. The lowest BCUT2D eigenvalue weighted by atomic mass is 9.83. The Morgan fingerprint density at radius 3 is 2.55 bits per heavy atom. The molecule has 0 bridgehead atoms. The highest BCUT2D eigenvalue weighted by Gasteiger charge is 2.27. The highest BCUT2D eigenvalue weighted by molar-refractivity contribution is 7.92. The Kier molecular flexibility index (Phi) is 6.34. The van der Waals surface area contributed by atoms with Gasteiger partial charge in [0.2, 0.25) is 10.0 Å². The second-order valence-electron chi connectivity index (χ2n) is 8.57. The summed E-state index contributed by atoms with van der Waals surface area (Å²) in [5.74, 6) is 1.62. The molecule has 0 spiro atoms. The zero-order chi connectivity index (χ0) is 22.0. The summed E-state index contributed by atoms with van der Waals surface area (Å²) in [6, 6.07) is 13.7. The van der Waals surface area contributed by atoms with E-state index in [0.717, 1.165) is 49.2 Å². The van der Waals surface area contributed by atoms with Crippen molar-refractivity contribution in [2.24, 2.45) is 5.92 Å². The average molecular weight is 443 g/mol. The van der Waals surface area contributed by atoms with E-state index < -0.39 is 10.0 Å². The van der Waals surface area contributed by atoms with Gasteiger partial charge >= 0.3 is 0 Å². The molecule has 166 valence electrons.